The number of rotatable bonds is 4. The second kappa shape index (κ2) is 7.37. The quantitative estimate of drug-likeness (QED) is 0.581. The summed E-state index contributed by atoms with van der Waals surface area (Å²) in [4.78, 5) is 6.70. The predicted molar refractivity (Wildman–Crippen MR) is 101 cm³/mol. The number of nitrogens with zero attached hydrogens (tertiary/aromatic N) is 2. The minimum absolute atomic E-state index is 0.0268. The zero-order valence-corrected chi connectivity index (χ0v) is 15.2. The Morgan fingerprint density at radius 1 is 1.29 bits per heavy atom. The van der Waals surface area contributed by atoms with Crippen molar-refractivity contribution in [2.24, 2.45) is 4.99 Å². The van der Waals surface area contributed by atoms with Crippen molar-refractivity contribution in [2.45, 2.75) is 26.4 Å². The lowest BCUT2D eigenvalue weighted by Gasteiger charge is -2.27. The number of hydrogen-bond acceptors (Lipinski definition) is 2. The summed E-state index contributed by atoms with van der Waals surface area (Å²) in [6.07, 6.45) is 2.79. The molecule has 1 unspecified atom stereocenters. The number of aryl methyl sites for hydroxylation is 1. The van der Waals surface area contributed by atoms with E-state index in [9.17, 15) is 0 Å². The van der Waals surface area contributed by atoms with Crippen molar-refractivity contribution in [1.29, 1.82) is 0 Å². The molecule has 0 radical (unpaired) electrons. The van der Waals surface area contributed by atoms with Crippen molar-refractivity contribution in [1.82, 2.24) is 4.90 Å². The first-order valence-electron chi connectivity index (χ1n) is 8.33. The van der Waals surface area contributed by atoms with Gasteiger partial charge in [0.25, 0.3) is 0 Å². The highest BCUT2D eigenvalue weighted by molar-refractivity contribution is 6.30. The molecule has 0 fully saturated rings. The predicted octanol–water partition coefficient (Wildman–Crippen LogP) is 4.92. The van der Waals surface area contributed by atoms with Crippen LogP contribution >= 0.6 is 11.6 Å². The van der Waals surface area contributed by atoms with Gasteiger partial charge in [0.05, 0.1) is 18.6 Å². The van der Waals surface area contributed by atoms with Crippen LogP contribution in [0, 0.1) is 6.92 Å². The third-order valence-corrected chi connectivity index (χ3v) is 4.71. The molecule has 0 amide bonds. The van der Waals surface area contributed by atoms with E-state index < -0.39 is 0 Å². The highest BCUT2D eigenvalue weighted by Crippen LogP contribution is 2.36. The summed E-state index contributed by atoms with van der Waals surface area (Å²) in [5.41, 5.74) is 5.90. The van der Waals surface area contributed by atoms with Crippen molar-refractivity contribution < 1.29 is 4.74 Å². The number of ether oxygens (including phenoxy) is 1. The number of aliphatic imine (C=N–C) groups is 1. The van der Waals surface area contributed by atoms with Crippen LogP contribution in [0.2, 0.25) is 5.02 Å². The van der Waals surface area contributed by atoms with Gasteiger partial charge in [-0.15, -0.1) is 0 Å². The average Bonchev–Trinajstić information content (AvgIpc) is 2.60. The summed E-state index contributed by atoms with van der Waals surface area (Å²) in [6, 6.07) is 12.3. The summed E-state index contributed by atoms with van der Waals surface area (Å²) < 4.78 is 6.05. The lowest BCUT2D eigenvalue weighted by Crippen LogP contribution is -2.17. The maximum atomic E-state index is 6.05. The van der Waals surface area contributed by atoms with Gasteiger partial charge in [-0.05, 0) is 60.7 Å². The number of fused-ring (bicyclic) bond motifs is 1. The molecule has 0 spiro atoms. The van der Waals surface area contributed by atoms with Crippen molar-refractivity contribution in [3.8, 4) is 0 Å². The van der Waals surface area contributed by atoms with Crippen molar-refractivity contribution in [3.63, 3.8) is 0 Å². The highest BCUT2D eigenvalue weighted by Gasteiger charge is 2.23. The van der Waals surface area contributed by atoms with Gasteiger partial charge in [-0.1, -0.05) is 29.8 Å². The zero-order chi connectivity index (χ0) is 17.1. The molecular weight excluding hydrogens is 320 g/mol. The first-order chi connectivity index (χ1) is 11.6. The molecule has 2 aromatic rings. The number of halogens is 1. The van der Waals surface area contributed by atoms with E-state index in [0.717, 1.165) is 35.8 Å². The Bertz CT molecular complexity index is 740. The Hall–Kier alpha value is -1.84. The van der Waals surface area contributed by atoms with Gasteiger partial charge < -0.3 is 9.64 Å². The normalized spacial score (nSPS) is 17.1. The van der Waals surface area contributed by atoms with E-state index in [0.29, 0.717) is 0 Å². The van der Waals surface area contributed by atoms with Crippen molar-refractivity contribution in [2.75, 3.05) is 20.2 Å². The molecule has 3 nitrogen and oxygen atoms in total. The smallest absolute Gasteiger partial charge is 0.108 e. The summed E-state index contributed by atoms with van der Waals surface area (Å²) in [7, 11) is 2.03. The fourth-order valence-electron chi connectivity index (χ4n) is 2.89. The molecule has 0 aliphatic carbocycles. The van der Waals surface area contributed by atoms with Gasteiger partial charge >= 0.3 is 0 Å². The van der Waals surface area contributed by atoms with Crippen LogP contribution in [0.15, 0.2) is 41.4 Å². The molecule has 1 heterocycles. The van der Waals surface area contributed by atoms with E-state index in [1.807, 2.05) is 37.7 Å². The Morgan fingerprint density at radius 2 is 2.04 bits per heavy atom. The molecule has 0 saturated carbocycles. The molecule has 2 aromatic carbocycles. The topological polar surface area (TPSA) is 24.8 Å². The van der Waals surface area contributed by atoms with Crippen LogP contribution in [0.4, 0.5) is 5.69 Å². The molecule has 0 saturated heterocycles. The van der Waals surface area contributed by atoms with Crippen LogP contribution in [0.5, 0.6) is 0 Å². The van der Waals surface area contributed by atoms with Crippen LogP contribution in [-0.4, -0.2) is 31.4 Å². The maximum absolute atomic E-state index is 6.05. The molecule has 0 N–H and O–H groups in total. The van der Waals surface area contributed by atoms with E-state index in [1.54, 1.807) is 0 Å². The molecule has 3 rings (SSSR count). The molecule has 1 atom stereocenters. The summed E-state index contributed by atoms with van der Waals surface area (Å²) in [5.74, 6) is 0. The monoisotopic (exact) mass is 342 g/mol. The van der Waals surface area contributed by atoms with E-state index in [-0.39, 0.29) is 6.10 Å². The molecule has 1 aliphatic heterocycles. The molecule has 1 aliphatic rings. The van der Waals surface area contributed by atoms with Crippen LogP contribution < -0.4 is 0 Å². The van der Waals surface area contributed by atoms with Gasteiger partial charge in [0.2, 0.25) is 0 Å². The van der Waals surface area contributed by atoms with Crippen molar-refractivity contribution >= 4 is 23.6 Å². The fourth-order valence-corrected chi connectivity index (χ4v) is 3.02. The number of hydrogen-bond donors (Lipinski definition) is 0. The van der Waals surface area contributed by atoms with E-state index in [2.05, 4.69) is 35.9 Å². The average molecular weight is 343 g/mol. The Labute approximate surface area is 148 Å². The van der Waals surface area contributed by atoms with Gasteiger partial charge in [0.15, 0.2) is 0 Å². The molecule has 0 aromatic heterocycles. The minimum atomic E-state index is -0.0268. The number of benzene rings is 2. The van der Waals surface area contributed by atoms with Crippen LogP contribution in [0.3, 0.4) is 0 Å². The standard InChI is InChI=1S/C20H23ClN2O/c1-4-23(3)13-22-19-12-16-9-10-24-20(18(16)11-14(19)2)15-5-7-17(21)8-6-15/h5-8,11-13,20H,4,9-10H2,1-3H3. The van der Waals surface area contributed by atoms with E-state index in [1.165, 1.54) is 16.7 Å². The summed E-state index contributed by atoms with van der Waals surface area (Å²) >= 11 is 6.01. The third kappa shape index (κ3) is 3.63. The second-order valence-corrected chi connectivity index (χ2v) is 6.64. The Morgan fingerprint density at radius 3 is 2.75 bits per heavy atom. The highest BCUT2D eigenvalue weighted by atomic mass is 35.5. The van der Waals surface area contributed by atoms with Gasteiger partial charge in [0, 0.05) is 18.6 Å². The Balaban J connectivity index is 1.95. The molecule has 24 heavy (non-hydrogen) atoms. The molecule has 0 bridgehead atoms. The molecular formula is C20H23ClN2O. The van der Waals surface area contributed by atoms with Crippen molar-refractivity contribution in [3.05, 3.63) is 63.7 Å². The third-order valence-electron chi connectivity index (χ3n) is 4.46. The van der Waals surface area contributed by atoms with Gasteiger partial charge in [-0.2, -0.15) is 0 Å². The summed E-state index contributed by atoms with van der Waals surface area (Å²) in [6.45, 7) is 5.88. The van der Waals surface area contributed by atoms with E-state index >= 15 is 0 Å². The van der Waals surface area contributed by atoms with E-state index in [4.69, 9.17) is 16.3 Å². The lowest BCUT2D eigenvalue weighted by atomic mass is 9.91. The van der Waals surface area contributed by atoms with Gasteiger partial charge in [0.1, 0.15) is 6.10 Å². The zero-order valence-electron chi connectivity index (χ0n) is 14.4. The van der Waals surface area contributed by atoms with Gasteiger partial charge in [-0.25, -0.2) is 4.99 Å². The second-order valence-electron chi connectivity index (χ2n) is 6.21. The first kappa shape index (κ1) is 17.0. The maximum Gasteiger partial charge on any atom is 0.108 e. The van der Waals surface area contributed by atoms with Gasteiger partial charge in [-0.3, -0.25) is 0 Å². The SMILES string of the molecule is CCN(C)C=Nc1cc2c(cc1C)C(c1ccc(Cl)cc1)OCC2. The largest absolute Gasteiger partial charge is 0.368 e. The van der Waals surface area contributed by atoms with Crippen LogP contribution in [0.1, 0.15) is 35.3 Å². The lowest BCUT2D eigenvalue weighted by molar-refractivity contribution is 0.0698. The Kier molecular flexibility index (Phi) is 5.22. The minimum Gasteiger partial charge on any atom is -0.368 e. The summed E-state index contributed by atoms with van der Waals surface area (Å²) in [5, 5.41) is 0.746. The van der Waals surface area contributed by atoms with Crippen LogP contribution in [-0.2, 0) is 11.2 Å². The molecule has 126 valence electrons. The fraction of sp³-hybridized carbons (Fsp3) is 0.350. The molecule has 4 heteroatoms. The first-order valence-corrected chi connectivity index (χ1v) is 8.71. The van der Waals surface area contributed by atoms with Crippen LogP contribution in [0.25, 0.3) is 0 Å².